The number of nitrogens with one attached hydrogen (secondary N) is 1. The summed E-state index contributed by atoms with van der Waals surface area (Å²) in [5.41, 5.74) is 0.994. The van der Waals surface area contributed by atoms with E-state index in [1.54, 1.807) is 31.4 Å². The highest BCUT2D eigenvalue weighted by atomic mass is 16.5. The van der Waals surface area contributed by atoms with E-state index < -0.39 is 0 Å². The number of benzene rings is 1. The molecule has 0 aromatic heterocycles. The van der Waals surface area contributed by atoms with Gasteiger partial charge in [0.25, 0.3) is 0 Å². The van der Waals surface area contributed by atoms with Crippen LogP contribution in [0.1, 0.15) is 17.3 Å². The van der Waals surface area contributed by atoms with Gasteiger partial charge in [-0.25, -0.2) is 0 Å². The first-order valence-corrected chi connectivity index (χ1v) is 5.61. The number of rotatable bonds is 7. The van der Waals surface area contributed by atoms with Crippen molar-refractivity contribution in [1.82, 2.24) is 0 Å². The number of hydrogen-bond donors (Lipinski definition) is 1. The van der Waals surface area contributed by atoms with Crippen molar-refractivity contribution in [3.05, 3.63) is 29.8 Å². The smallest absolute Gasteiger partial charge is 0.250 e. The molecule has 1 N–H and O–H groups in total. The van der Waals surface area contributed by atoms with Crippen molar-refractivity contribution in [2.75, 3.05) is 32.2 Å². The molecule has 5 nitrogen and oxygen atoms in total. The van der Waals surface area contributed by atoms with Gasteiger partial charge >= 0.3 is 0 Å². The van der Waals surface area contributed by atoms with Crippen LogP contribution in [0.3, 0.4) is 0 Å². The standard InChI is InChI=1S/C13H17NO4/c1-10(15)11-5-3-4-6-12(11)14-13(16)9-18-8-7-17-2/h3-6H,7-9H2,1-2H3,(H,14,16). The molecule has 18 heavy (non-hydrogen) atoms. The Morgan fingerprint density at radius 2 is 1.94 bits per heavy atom. The van der Waals surface area contributed by atoms with Gasteiger partial charge in [0, 0.05) is 12.7 Å². The predicted molar refractivity (Wildman–Crippen MR) is 67.8 cm³/mol. The Morgan fingerprint density at radius 3 is 2.61 bits per heavy atom. The lowest BCUT2D eigenvalue weighted by atomic mass is 10.1. The number of hydrogen-bond acceptors (Lipinski definition) is 4. The number of ether oxygens (including phenoxy) is 2. The molecule has 1 rings (SSSR count). The summed E-state index contributed by atoms with van der Waals surface area (Å²) in [4.78, 5) is 22.9. The third-order valence-electron chi connectivity index (χ3n) is 2.25. The highest BCUT2D eigenvalue weighted by Gasteiger charge is 2.09. The van der Waals surface area contributed by atoms with Crippen LogP contribution in [0.4, 0.5) is 5.69 Å². The number of amides is 1. The number of Topliss-reactive ketones (excluding diaryl/α,β-unsaturated/α-hetero) is 1. The van der Waals surface area contributed by atoms with Gasteiger partial charge in [-0.05, 0) is 19.1 Å². The minimum atomic E-state index is -0.292. The van der Waals surface area contributed by atoms with Crippen LogP contribution >= 0.6 is 0 Å². The van der Waals surface area contributed by atoms with Gasteiger partial charge in [0.1, 0.15) is 6.61 Å². The lowest BCUT2D eigenvalue weighted by Gasteiger charge is -2.09. The maximum atomic E-state index is 11.6. The molecule has 0 aliphatic carbocycles. The molecule has 1 aromatic carbocycles. The molecule has 1 aromatic rings. The second-order valence-corrected chi connectivity index (χ2v) is 3.70. The summed E-state index contributed by atoms with van der Waals surface area (Å²) in [6.45, 7) is 2.20. The Labute approximate surface area is 106 Å². The van der Waals surface area contributed by atoms with Gasteiger partial charge in [0.15, 0.2) is 5.78 Å². The van der Waals surface area contributed by atoms with E-state index in [0.29, 0.717) is 24.5 Å². The molecule has 0 spiro atoms. The molecule has 0 fully saturated rings. The SMILES string of the molecule is COCCOCC(=O)Nc1ccccc1C(C)=O. The quantitative estimate of drug-likeness (QED) is 0.589. The van der Waals surface area contributed by atoms with E-state index in [4.69, 9.17) is 9.47 Å². The minimum Gasteiger partial charge on any atom is -0.382 e. The van der Waals surface area contributed by atoms with Crippen LogP contribution in [0.25, 0.3) is 0 Å². The molecule has 0 heterocycles. The molecule has 0 aliphatic rings. The summed E-state index contributed by atoms with van der Waals surface area (Å²) in [5, 5.41) is 2.64. The first kappa shape index (κ1) is 14.3. The number of methoxy groups -OCH3 is 1. The third-order valence-corrected chi connectivity index (χ3v) is 2.25. The van der Waals surface area contributed by atoms with Crippen molar-refractivity contribution >= 4 is 17.4 Å². The number of carbonyl (C=O) groups is 2. The molecule has 0 aliphatic heterocycles. The zero-order chi connectivity index (χ0) is 13.4. The van der Waals surface area contributed by atoms with E-state index in [-0.39, 0.29) is 18.3 Å². The highest BCUT2D eigenvalue weighted by molar-refractivity contribution is 6.03. The normalized spacial score (nSPS) is 10.1. The van der Waals surface area contributed by atoms with Gasteiger partial charge in [-0.15, -0.1) is 0 Å². The summed E-state index contributed by atoms with van der Waals surface area (Å²) in [6, 6.07) is 6.86. The molecule has 0 saturated heterocycles. The fourth-order valence-corrected chi connectivity index (χ4v) is 1.39. The molecule has 0 saturated carbocycles. The fraction of sp³-hybridized carbons (Fsp3) is 0.385. The van der Waals surface area contributed by atoms with E-state index in [1.807, 2.05) is 0 Å². The zero-order valence-corrected chi connectivity index (χ0v) is 10.6. The number of carbonyl (C=O) groups excluding carboxylic acids is 2. The average Bonchev–Trinajstić information content (AvgIpc) is 2.35. The minimum absolute atomic E-state index is 0.0599. The molecule has 5 heteroatoms. The van der Waals surface area contributed by atoms with Gasteiger partial charge in [0.2, 0.25) is 5.91 Å². The maximum Gasteiger partial charge on any atom is 0.250 e. The van der Waals surface area contributed by atoms with Crippen molar-refractivity contribution < 1.29 is 19.1 Å². The van der Waals surface area contributed by atoms with Crippen LogP contribution in [0.5, 0.6) is 0 Å². The predicted octanol–water partition coefficient (Wildman–Crippen LogP) is 1.49. The van der Waals surface area contributed by atoms with E-state index in [1.165, 1.54) is 6.92 Å². The average molecular weight is 251 g/mol. The summed E-state index contributed by atoms with van der Waals surface area (Å²) in [6.07, 6.45) is 0. The van der Waals surface area contributed by atoms with Crippen molar-refractivity contribution in [2.24, 2.45) is 0 Å². The maximum absolute atomic E-state index is 11.6. The Kier molecular flexibility index (Phi) is 6.04. The molecule has 98 valence electrons. The topological polar surface area (TPSA) is 64.6 Å². The summed E-state index contributed by atoms with van der Waals surface area (Å²) < 4.78 is 9.88. The molecular weight excluding hydrogens is 234 g/mol. The van der Waals surface area contributed by atoms with Crippen molar-refractivity contribution in [3.8, 4) is 0 Å². The van der Waals surface area contributed by atoms with E-state index in [0.717, 1.165) is 0 Å². The second-order valence-electron chi connectivity index (χ2n) is 3.70. The van der Waals surface area contributed by atoms with E-state index in [2.05, 4.69) is 5.32 Å². The van der Waals surface area contributed by atoms with Crippen molar-refractivity contribution in [1.29, 1.82) is 0 Å². The van der Waals surface area contributed by atoms with Crippen LogP contribution in [-0.2, 0) is 14.3 Å². The highest BCUT2D eigenvalue weighted by Crippen LogP contribution is 2.15. The Bertz CT molecular complexity index is 417. The van der Waals surface area contributed by atoms with Crippen LogP contribution in [0.15, 0.2) is 24.3 Å². The van der Waals surface area contributed by atoms with Gasteiger partial charge in [0.05, 0.1) is 18.9 Å². The van der Waals surface area contributed by atoms with Gasteiger partial charge in [-0.1, -0.05) is 12.1 Å². The molecule has 0 atom stereocenters. The lowest BCUT2D eigenvalue weighted by Crippen LogP contribution is -2.20. The molecule has 0 bridgehead atoms. The van der Waals surface area contributed by atoms with Crippen LogP contribution in [0.2, 0.25) is 0 Å². The van der Waals surface area contributed by atoms with Crippen LogP contribution in [0, 0.1) is 0 Å². The van der Waals surface area contributed by atoms with E-state index in [9.17, 15) is 9.59 Å². The zero-order valence-electron chi connectivity index (χ0n) is 10.6. The van der Waals surface area contributed by atoms with Gasteiger partial charge in [-0.2, -0.15) is 0 Å². The number of anilines is 1. The molecular formula is C13H17NO4. The van der Waals surface area contributed by atoms with Gasteiger partial charge < -0.3 is 14.8 Å². The van der Waals surface area contributed by atoms with Crippen LogP contribution < -0.4 is 5.32 Å². The number of para-hydroxylation sites is 1. The third kappa shape index (κ3) is 4.65. The Hall–Kier alpha value is -1.72. The summed E-state index contributed by atoms with van der Waals surface area (Å²) in [5.74, 6) is -0.383. The first-order valence-electron chi connectivity index (χ1n) is 5.61. The summed E-state index contributed by atoms with van der Waals surface area (Å²) >= 11 is 0. The number of ketones is 1. The van der Waals surface area contributed by atoms with Crippen molar-refractivity contribution in [2.45, 2.75) is 6.92 Å². The summed E-state index contributed by atoms with van der Waals surface area (Å²) in [7, 11) is 1.56. The first-order chi connectivity index (χ1) is 8.65. The van der Waals surface area contributed by atoms with Crippen LogP contribution in [-0.4, -0.2) is 38.6 Å². The monoisotopic (exact) mass is 251 g/mol. The Morgan fingerprint density at radius 1 is 1.22 bits per heavy atom. The van der Waals surface area contributed by atoms with Crippen molar-refractivity contribution in [3.63, 3.8) is 0 Å². The molecule has 0 unspecified atom stereocenters. The second kappa shape index (κ2) is 7.58. The lowest BCUT2D eigenvalue weighted by molar-refractivity contribution is -0.121. The Balaban J connectivity index is 2.51. The molecule has 0 radical (unpaired) electrons. The largest absolute Gasteiger partial charge is 0.382 e. The van der Waals surface area contributed by atoms with Gasteiger partial charge in [-0.3, -0.25) is 9.59 Å². The van der Waals surface area contributed by atoms with E-state index >= 15 is 0 Å². The molecule has 1 amide bonds. The fourth-order valence-electron chi connectivity index (χ4n) is 1.39.